The smallest absolute Gasteiger partial charge is 0.272 e. The molecule has 0 radical (unpaired) electrons. The van der Waals surface area contributed by atoms with Crippen molar-refractivity contribution in [2.75, 3.05) is 39.9 Å². The first-order chi connectivity index (χ1) is 14.1. The van der Waals surface area contributed by atoms with Crippen LogP contribution >= 0.6 is 0 Å². The molecule has 2 aromatic rings. The fourth-order valence-electron chi connectivity index (χ4n) is 3.66. The van der Waals surface area contributed by atoms with Gasteiger partial charge in [-0.05, 0) is 50.0 Å². The monoisotopic (exact) mass is 401 g/mol. The molecule has 1 amide bonds. The highest BCUT2D eigenvalue weighted by atomic mass is 19.1. The first kappa shape index (κ1) is 21.2. The minimum atomic E-state index is -0.160. The van der Waals surface area contributed by atoms with Gasteiger partial charge in [-0.15, -0.1) is 0 Å². The molecule has 1 aliphatic rings. The summed E-state index contributed by atoms with van der Waals surface area (Å²) >= 11 is 0. The van der Waals surface area contributed by atoms with E-state index in [0.717, 1.165) is 31.5 Å². The van der Waals surface area contributed by atoms with Crippen LogP contribution in [0.3, 0.4) is 0 Å². The molecule has 0 aliphatic carbocycles. The highest BCUT2D eigenvalue weighted by molar-refractivity contribution is 5.92. The molecule has 2 heterocycles. The molecule has 3 rings (SSSR count). The third kappa shape index (κ3) is 5.98. The maximum Gasteiger partial charge on any atom is 0.272 e. The Kier molecular flexibility index (Phi) is 7.55. The minimum Gasteiger partial charge on any atom is -0.506 e. The predicted molar refractivity (Wildman–Crippen MR) is 108 cm³/mol. The molecule has 1 saturated heterocycles. The number of rotatable bonds is 8. The van der Waals surface area contributed by atoms with Crippen molar-refractivity contribution in [3.05, 3.63) is 59.7 Å². The highest BCUT2D eigenvalue weighted by Gasteiger charge is 2.25. The van der Waals surface area contributed by atoms with Gasteiger partial charge in [0.15, 0.2) is 0 Å². The molecular weight excluding hydrogens is 373 g/mol. The molecule has 1 aromatic carbocycles. The number of benzene rings is 1. The van der Waals surface area contributed by atoms with Crippen molar-refractivity contribution < 1.29 is 19.0 Å². The number of hydrogen-bond acceptors (Lipinski definition) is 5. The van der Waals surface area contributed by atoms with E-state index >= 15 is 0 Å². The Balaban J connectivity index is 1.56. The topological polar surface area (TPSA) is 65.9 Å². The van der Waals surface area contributed by atoms with Gasteiger partial charge in [-0.2, -0.15) is 0 Å². The van der Waals surface area contributed by atoms with Gasteiger partial charge in [-0.1, -0.05) is 18.2 Å². The predicted octanol–water partition coefficient (Wildman–Crippen LogP) is 2.93. The van der Waals surface area contributed by atoms with Crippen molar-refractivity contribution in [3.63, 3.8) is 0 Å². The Morgan fingerprint density at radius 2 is 2.03 bits per heavy atom. The Morgan fingerprint density at radius 3 is 2.69 bits per heavy atom. The first-order valence-corrected chi connectivity index (χ1v) is 9.96. The third-order valence-corrected chi connectivity index (χ3v) is 5.36. The number of hydrogen-bond donors (Lipinski definition) is 1. The number of carbonyl (C=O) groups is 1. The molecular formula is C22H28FN3O3. The molecule has 29 heavy (non-hydrogen) atoms. The number of nitrogens with zero attached hydrogens (tertiary/aromatic N) is 3. The zero-order chi connectivity index (χ0) is 20.6. The normalized spacial score (nSPS) is 15.4. The van der Waals surface area contributed by atoms with Gasteiger partial charge in [0.1, 0.15) is 17.3 Å². The fourth-order valence-corrected chi connectivity index (χ4v) is 3.66. The van der Waals surface area contributed by atoms with Crippen molar-refractivity contribution in [3.8, 4) is 5.75 Å². The number of methoxy groups -OCH3 is 1. The highest BCUT2D eigenvalue weighted by Crippen LogP contribution is 2.22. The molecule has 1 fully saturated rings. The van der Waals surface area contributed by atoms with E-state index in [-0.39, 0.29) is 17.5 Å². The summed E-state index contributed by atoms with van der Waals surface area (Å²) in [5.41, 5.74) is 1.04. The summed E-state index contributed by atoms with van der Waals surface area (Å²) in [5, 5.41) is 9.39. The number of pyridine rings is 1. The largest absolute Gasteiger partial charge is 0.506 e. The molecule has 0 atom stereocenters. The number of piperidine rings is 1. The van der Waals surface area contributed by atoms with Gasteiger partial charge >= 0.3 is 0 Å². The molecule has 0 spiro atoms. The van der Waals surface area contributed by atoms with Gasteiger partial charge in [0.05, 0.1) is 12.8 Å². The lowest BCUT2D eigenvalue weighted by Gasteiger charge is -2.35. The summed E-state index contributed by atoms with van der Waals surface area (Å²) in [7, 11) is 1.61. The van der Waals surface area contributed by atoms with E-state index in [0.29, 0.717) is 37.9 Å². The number of halogens is 1. The van der Waals surface area contributed by atoms with Crippen LogP contribution in [-0.2, 0) is 11.3 Å². The van der Waals surface area contributed by atoms with Crippen LogP contribution in [-0.4, -0.2) is 65.7 Å². The second kappa shape index (κ2) is 10.3. The lowest BCUT2D eigenvalue weighted by molar-refractivity contribution is 0.0611. The summed E-state index contributed by atoms with van der Waals surface area (Å²) in [5.74, 6) is 0.0974. The SMILES string of the molecule is COCCN(CC1CCN(Cc2ccccc2F)CC1)C(=O)c1ccc(O)cn1. The average molecular weight is 401 g/mol. The van der Waals surface area contributed by atoms with Crippen molar-refractivity contribution in [2.45, 2.75) is 19.4 Å². The summed E-state index contributed by atoms with van der Waals surface area (Å²) in [4.78, 5) is 20.9. The van der Waals surface area contributed by atoms with Crippen LogP contribution in [0, 0.1) is 11.7 Å². The van der Waals surface area contributed by atoms with Crippen molar-refractivity contribution in [2.24, 2.45) is 5.92 Å². The quantitative estimate of drug-likeness (QED) is 0.737. The average Bonchev–Trinajstić information content (AvgIpc) is 2.74. The van der Waals surface area contributed by atoms with Crippen molar-refractivity contribution >= 4 is 5.91 Å². The first-order valence-electron chi connectivity index (χ1n) is 9.96. The Bertz CT molecular complexity index is 792. The maximum absolute atomic E-state index is 13.9. The summed E-state index contributed by atoms with van der Waals surface area (Å²) < 4.78 is 19.0. The summed E-state index contributed by atoms with van der Waals surface area (Å²) in [6.45, 7) is 3.95. The van der Waals surface area contributed by atoms with Crippen LogP contribution < -0.4 is 0 Å². The Morgan fingerprint density at radius 1 is 1.28 bits per heavy atom. The molecule has 0 saturated carbocycles. The van der Waals surface area contributed by atoms with Gasteiger partial charge in [0, 0.05) is 32.3 Å². The van der Waals surface area contributed by atoms with Gasteiger partial charge in [-0.25, -0.2) is 9.37 Å². The summed E-state index contributed by atoms with van der Waals surface area (Å²) in [6, 6.07) is 9.90. The summed E-state index contributed by atoms with van der Waals surface area (Å²) in [6.07, 6.45) is 3.19. The van der Waals surface area contributed by atoms with Crippen LogP contribution in [0.4, 0.5) is 4.39 Å². The molecule has 0 bridgehead atoms. The maximum atomic E-state index is 13.9. The van der Waals surface area contributed by atoms with Crippen LogP contribution in [0.5, 0.6) is 5.75 Å². The molecule has 7 heteroatoms. The van der Waals surface area contributed by atoms with Crippen molar-refractivity contribution in [1.82, 2.24) is 14.8 Å². The van der Waals surface area contributed by atoms with Crippen LogP contribution in [0.2, 0.25) is 0 Å². The van der Waals surface area contributed by atoms with Gasteiger partial charge in [-0.3, -0.25) is 9.69 Å². The number of aromatic nitrogens is 1. The standard InChI is InChI=1S/C22H28FN3O3/c1-29-13-12-26(22(28)21-7-6-19(27)14-24-21)15-17-8-10-25(11-9-17)16-18-4-2-3-5-20(18)23/h2-7,14,17,27H,8-13,15-16H2,1H3. The van der Waals surface area contributed by atoms with E-state index in [2.05, 4.69) is 9.88 Å². The third-order valence-electron chi connectivity index (χ3n) is 5.36. The molecule has 1 N–H and O–H groups in total. The zero-order valence-corrected chi connectivity index (χ0v) is 16.8. The lowest BCUT2D eigenvalue weighted by atomic mass is 9.95. The zero-order valence-electron chi connectivity index (χ0n) is 16.8. The van der Waals surface area contributed by atoms with Crippen LogP contribution in [0.25, 0.3) is 0 Å². The molecule has 1 aliphatic heterocycles. The van der Waals surface area contributed by atoms with Crippen LogP contribution in [0.1, 0.15) is 28.9 Å². The van der Waals surface area contributed by atoms with E-state index in [1.165, 1.54) is 24.4 Å². The van der Waals surface area contributed by atoms with Crippen molar-refractivity contribution in [1.29, 1.82) is 0 Å². The molecule has 156 valence electrons. The number of carbonyl (C=O) groups excluding carboxylic acids is 1. The second-order valence-electron chi connectivity index (χ2n) is 7.46. The van der Waals surface area contributed by atoms with E-state index in [1.807, 2.05) is 12.1 Å². The Hall–Kier alpha value is -2.51. The van der Waals surface area contributed by atoms with E-state index in [4.69, 9.17) is 4.74 Å². The van der Waals surface area contributed by atoms with Gasteiger partial charge in [0.25, 0.3) is 5.91 Å². The van der Waals surface area contributed by atoms with Gasteiger partial charge < -0.3 is 14.7 Å². The molecule has 1 aromatic heterocycles. The fraction of sp³-hybridized carbons (Fsp3) is 0.455. The number of amides is 1. The Labute approximate surface area is 170 Å². The second-order valence-corrected chi connectivity index (χ2v) is 7.46. The van der Waals surface area contributed by atoms with Gasteiger partial charge in [0.2, 0.25) is 0 Å². The van der Waals surface area contributed by atoms with E-state index in [9.17, 15) is 14.3 Å². The van der Waals surface area contributed by atoms with Crippen LogP contribution in [0.15, 0.2) is 42.6 Å². The lowest BCUT2D eigenvalue weighted by Crippen LogP contribution is -2.42. The number of aromatic hydroxyl groups is 1. The number of ether oxygens (including phenoxy) is 1. The number of likely N-dealkylation sites (tertiary alicyclic amines) is 1. The van der Waals surface area contributed by atoms with E-state index < -0.39 is 0 Å². The molecule has 0 unspecified atom stereocenters. The minimum absolute atomic E-state index is 0.0345. The molecule has 6 nitrogen and oxygen atoms in total. The van der Waals surface area contributed by atoms with E-state index in [1.54, 1.807) is 18.1 Å².